The molecule has 0 atom stereocenters. The minimum absolute atomic E-state index is 0.0353. The highest BCUT2D eigenvalue weighted by Gasteiger charge is 2.38. The molecule has 0 radical (unpaired) electrons. The largest absolute Gasteiger partial charge is 0.334 e. The van der Waals surface area contributed by atoms with E-state index < -0.39 is 0 Å². The fourth-order valence-corrected chi connectivity index (χ4v) is 4.32. The lowest BCUT2D eigenvalue weighted by atomic mass is 9.98. The maximum Gasteiger partial charge on any atom is 0.257 e. The molecule has 6 heteroatoms. The quantitative estimate of drug-likeness (QED) is 0.759. The van der Waals surface area contributed by atoms with E-state index in [4.69, 9.17) is 9.51 Å². The molecular weight excluding hydrogens is 320 g/mol. The number of hydrogen-bond donors (Lipinski definition) is 1. The van der Waals surface area contributed by atoms with Gasteiger partial charge in [-0.05, 0) is 31.9 Å². The van der Waals surface area contributed by atoms with Crippen LogP contribution in [-0.2, 0) is 12.1 Å². The fourth-order valence-electron chi connectivity index (χ4n) is 3.29. The van der Waals surface area contributed by atoms with E-state index in [0.29, 0.717) is 18.3 Å². The Hall–Kier alpha value is -2.05. The van der Waals surface area contributed by atoms with Crippen LogP contribution in [0, 0.1) is 6.92 Å². The van der Waals surface area contributed by atoms with Gasteiger partial charge in [0.1, 0.15) is 5.01 Å². The molecule has 3 aromatic rings. The van der Waals surface area contributed by atoms with Crippen molar-refractivity contribution in [2.24, 2.45) is 0 Å². The second-order valence-corrected chi connectivity index (χ2v) is 7.18. The molecule has 5 nitrogen and oxygen atoms in total. The van der Waals surface area contributed by atoms with Gasteiger partial charge in [0, 0.05) is 16.6 Å². The van der Waals surface area contributed by atoms with Crippen molar-refractivity contribution in [2.75, 3.05) is 0 Å². The molecule has 24 heavy (non-hydrogen) atoms. The Morgan fingerprint density at radius 3 is 2.67 bits per heavy atom. The molecule has 1 aliphatic carbocycles. The predicted molar refractivity (Wildman–Crippen MR) is 93.6 cm³/mol. The van der Waals surface area contributed by atoms with Gasteiger partial charge < -0.3 is 4.52 Å². The SMILES string of the molecule is Cc1csc(C2(NCc3noc(-c4ccccc4)n3)CCCC2)n1. The zero-order valence-corrected chi connectivity index (χ0v) is 14.5. The van der Waals surface area contributed by atoms with Crippen molar-refractivity contribution in [3.63, 3.8) is 0 Å². The summed E-state index contributed by atoms with van der Waals surface area (Å²) in [4.78, 5) is 9.24. The molecule has 0 amide bonds. The molecule has 2 aromatic heterocycles. The third-order valence-electron chi connectivity index (χ3n) is 4.56. The molecule has 1 saturated carbocycles. The molecule has 2 heterocycles. The van der Waals surface area contributed by atoms with Gasteiger partial charge in [-0.1, -0.05) is 36.2 Å². The van der Waals surface area contributed by atoms with Gasteiger partial charge in [0.05, 0.1) is 12.1 Å². The molecule has 1 fully saturated rings. The Labute approximate surface area is 145 Å². The predicted octanol–water partition coefficient (Wildman–Crippen LogP) is 4.06. The monoisotopic (exact) mass is 340 g/mol. The topological polar surface area (TPSA) is 63.8 Å². The van der Waals surface area contributed by atoms with Gasteiger partial charge >= 0.3 is 0 Å². The first-order chi connectivity index (χ1) is 11.8. The number of aryl methyl sites for hydroxylation is 1. The van der Waals surface area contributed by atoms with Crippen molar-refractivity contribution in [3.8, 4) is 11.5 Å². The second kappa shape index (κ2) is 6.45. The summed E-state index contributed by atoms with van der Waals surface area (Å²) < 4.78 is 5.39. The standard InChI is InChI=1S/C18H20N4OS/c1-13-12-24-17(20-13)18(9-5-6-10-18)19-11-15-21-16(23-22-15)14-7-3-2-4-8-14/h2-4,7-8,12,19H,5-6,9-11H2,1H3. The van der Waals surface area contributed by atoms with Crippen molar-refractivity contribution in [1.82, 2.24) is 20.4 Å². The van der Waals surface area contributed by atoms with E-state index >= 15 is 0 Å². The lowest BCUT2D eigenvalue weighted by molar-refractivity contribution is 0.327. The van der Waals surface area contributed by atoms with Crippen molar-refractivity contribution < 1.29 is 4.52 Å². The third kappa shape index (κ3) is 2.99. The highest BCUT2D eigenvalue weighted by molar-refractivity contribution is 7.09. The lowest BCUT2D eigenvalue weighted by Crippen LogP contribution is -2.39. The number of rotatable bonds is 5. The number of nitrogens with one attached hydrogen (secondary N) is 1. The molecular formula is C18H20N4OS. The molecule has 1 aliphatic rings. The minimum Gasteiger partial charge on any atom is -0.334 e. The van der Waals surface area contributed by atoms with Crippen molar-refractivity contribution >= 4 is 11.3 Å². The summed E-state index contributed by atoms with van der Waals surface area (Å²) in [5, 5.41) is 11.1. The first kappa shape index (κ1) is 15.5. The van der Waals surface area contributed by atoms with Crippen LogP contribution in [0.2, 0.25) is 0 Å². The molecule has 0 aliphatic heterocycles. The van der Waals surface area contributed by atoms with Crippen molar-refractivity contribution in [3.05, 3.63) is 52.2 Å². The summed E-state index contributed by atoms with van der Waals surface area (Å²) >= 11 is 1.75. The van der Waals surface area contributed by atoms with Gasteiger partial charge in [0.25, 0.3) is 5.89 Å². The Bertz CT molecular complexity index is 805. The van der Waals surface area contributed by atoms with Crippen LogP contribution >= 0.6 is 11.3 Å². The second-order valence-electron chi connectivity index (χ2n) is 6.32. The summed E-state index contributed by atoms with van der Waals surface area (Å²) in [7, 11) is 0. The summed E-state index contributed by atoms with van der Waals surface area (Å²) in [6, 6.07) is 9.86. The van der Waals surface area contributed by atoms with Crippen LogP contribution in [0.5, 0.6) is 0 Å². The Kier molecular flexibility index (Phi) is 4.16. The van der Waals surface area contributed by atoms with E-state index in [9.17, 15) is 0 Å². The van der Waals surface area contributed by atoms with Gasteiger partial charge in [-0.3, -0.25) is 5.32 Å². The highest BCUT2D eigenvalue weighted by Crippen LogP contribution is 2.40. The van der Waals surface area contributed by atoms with E-state index in [1.165, 1.54) is 17.8 Å². The van der Waals surface area contributed by atoms with Crippen LogP contribution in [0.15, 0.2) is 40.2 Å². The maximum absolute atomic E-state index is 5.39. The minimum atomic E-state index is -0.0353. The van der Waals surface area contributed by atoms with Gasteiger partial charge in [0.2, 0.25) is 0 Å². The molecule has 0 unspecified atom stereocenters. The summed E-state index contributed by atoms with van der Waals surface area (Å²) in [5.74, 6) is 1.26. The molecule has 1 aromatic carbocycles. The zero-order valence-electron chi connectivity index (χ0n) is 13.7. The van der Waals surface area contributed by atoms with E-state index in [-0.39, 0.29) is 5.54 Å². The van der Waals surface area contributed by atoms with E-state index in [1.807, 2.05) is 37.3 Å². The number of aromatic nitrogens is 3. The molecule has 4 rings (SSSR count). The normalized spacial score (nSPS) is 16.5. The lowest BCUT2D eigenvalue weighted by Gasteiger charge is -2.27. The Balaban J connectivity index is 1.50. The third-order valence-corrected chi connectivity index (χ3v) is 5.72. The highest BCUT2D eigenvalue weighted by atomic mass is 32.1. The smallest absolute Gasteiger partial charge is 0.257 e. The average Bonchev–Trinajstić information content (AvgIpc) is 3.35. The molecule has 0 saturated heterocycles. The number of benzene rings is 1. The van der Waals surface area contributed by atoms with Crippen LogP contribution in [0.4, 0.5) is 0 Å². The van der Waals surface area contributed by atoms with E-state index in [2.05, 4.69) is 20.8 Å². The van der Waals surface area contributed by atoms with Gasteiger partial charge in [-0.2, -0.15) is 4.98 Å². The summed E-state index contributed by atoms with van der Waals surface area (Å²) in [6.07, 6.45) is 4.69. The van der Waals surface area contributed by atoms with Gasteiger partial charge in [0.15, 0.2) is 5.82 Å². The first-order valence-corrected chi connectivity index (χ1v) is 9.19. The molecule has 1 N–H and O–H groups in total. The van der Waals surface area contributed by atoms with Gasteiger partial charge in [-0.15, -0.1) is 11.3 Å². The first-order valence-electron chi connectivity index (χ1n) is 8.31. The number of nitrogens with zero attached hydrogens (tertiary/aromatic N) is 3. The maximum atomic E-state index is 5.39. The number of thiazole rings is 1. The fraction of sp³-hybridized carbons (Fsp3) is 0.389. The van der Waals surface area contributed by atoms with Crippen molar-refractivity contribution in [2.45, 2.75) is 44.7 Å². The zero-order chi connectivity index (χ0) is 16.4. The number of hydrogen-bond acceptors (Lipinski definition) is 6. The molecule has 0 spiro atoms. The van der Waals surface area contributed by atoms with Crippen molar-refractivity contribution in [1.29, 1.82) is 0 Å². The Morgan fingerprint density at radius 1 is 1.17 bits per heavy atom. The van der Waals surface area contributed by atoms with Crippen LogP contribution in [0.25, 0.3) is 11.5 Å². The van der Waals surface area contributed by atoms with Crippen LogP contribution < -0.4 is 5.32 Å². The Morgan fingerprint density at radius 2 is 1.96 bits per heavy atom. The van der Waals surface area contributed by atoms with E-state index in [1.54, 1.807) is 11.3 Å². The van der Waals surface area contributed by atoms with Crippen LogP contribution in [0.3, 0.4) is 0 Å². The molecule has 124 valence electrons. The summed E-state index contributed by atoms with van der Waals surface area (Å²) in [5.41, 5.74) is 2.00. The van der Waals surface area contributed by atoms with E-state index in [0.717, 1.165) is 24.1 Å². The molecule has 0 bridgehead atoms. The average molecular weight is 340 g/mol. The van der Waals surface area contributed by atoms with Gasteiger partial charge in [-0.25, -0.2) is 4.98 Å². The summed E-state index contributed by atoms with van der Waals surface area (Å²) in [6.45, 7) is 2.64. The van der Waals surface area contributed by atoms with Crippen LogP contribution in [-0.4, -0.2) is 15.1 Å². The van der Waals surface area contributed by atoms with Crippen LogP contribution in [0.1, 0.15) is 42.2 Å².